The fourth-order valence-corrected chi connectivity index (χ4v) is 1.06. The van der Waals surface area contributed by atoms with E-state index in [1.165, 1.54) is 0 Å². The Bertz CT molecular complexity index is 121. The summed E-state index contributed by atoms with van der Waals surface area (Å²) in [6.45, 7) is 3.67. The maximum Gasteiger partial charge on any atom is 0.123 e. The minimum absolute atomic E-state index is 0.0453. The van der Waals surface area contributed by atoms with Crippen molar-refractivity contribution >= 4 is 12.6 Å². The molecule has 0 saturated heterocycles. The molecule has 2 heteroatoms. The molecule has 2 nitrogen and oxygen atoms in total. The molecule has 0 amide bonds. The summed E-state index contributed by atoms with van der Waals surface area (Å²) in [5.74, 6) is -0.0453. The van der Waals surface area contributed by atoms with E-state index in [9.17, 15) is 9.59 Å². The summed E-state index contributed by atoms with van der Waals surface area (Å²) in [5, 5.41) is 0. The third kappa shape index (κ3) is 7.45. The van der Waals surface area contributed by atoms with Crippen LogP contribution in [0.2, 0.25) is 0 Å². The lowest BCUT2D eigenvalue weighted by atomic mass is 10.0. The standard InChI is InChI=1S/C10H17O2/c1-10(9-12)7-5-3-2-4-6-8-11/h8-10H,1-7H2. The number of carbonyl (C=O) groups excluding carboxylic acids is 2. The second kappa shape index (κ2) is 8.44. The molecule has 0 saturated carbocycles. The second-order valence-electron chi connectivity index (χ2n) is 3.05. The van der Waals surface area contributed by atoms with E-state index in [2.05, 4.69) is 6.92 Å². The maximum absolute atomic E-state index is 10.2. The van der Waals surface area contributed by atoms with Gasteiger partial charge in [-0.15, -0.1) is 0 Å². The van der Waals surface area contributed by atoms with Crippen LogP contribution in [0.15, 0.2) is 0 Å². The van der Waals surface area contributed by atoms with E-state index in [-0.39, 0.29) is 5.92 Å². The maximum atomic E-state index is 10.2. The van der Waals surface area contributed by atoms with Crippen molar-refractivity contribution in [3.05, 3.63) is 6.92 Å². The van der Waals surface area contributed by atoms with Crippen LogP contribution < -0.4 is 0 Å². The number of hydrogen-bond donors (Lipinski definition) is 0. The van der Waals surface area contributed by atoms with Crippen LogP contribution in [-0.2, 0) is 9.59 Å². The van der Waals surface area contributed by atoms with Crippen LogP contribution in [0, 0.1) is 12.8 Å². The number of aldehydes is 2. The van der Waals surface area contributed by atoms with Crippen molar-refractivity contribution in [1.29, 1.82) is 0 Å². The quantitative estimate of drug-likeness (QED) is 0.412. The number of unbranched alkanes of at least 4 members (excludes halogenated alkanes) is 4. The lowest BCUT2D eigenvalue weighted by Gasteiger charge is -2.01. The Hall–Kier alpha value is -0.660. The topological polar surface area (TPSA) is 34.1 Å². The molecule has 1 unspecified atom stereocenters. The van der Waals surface area contributed by atoms with Crippen LogP contribution in [0.1, 0.15) is 38.5 Å². The van der Waals surface area contributed by atoms with Gasteiger partial charge < -0.3 is 9.59 Å². The molecule has 0 N–H and O–H groups in total. The Morgan fingerprint density at radius 1 is 1.08 bits per heavy atom. The van der Waals surface area contributed by atoms with Gasteiger partial charge in [0.25, 0.3) is 0 Å². The monoisotopic (exact) mass is 169 g/mol. The largest absolute Gasteiger partial charge is 0.303 e. The zero-order valence-electron chi connectivity index (χ0n) is 7.50. The summed E-state index contributed by atoms with van der Waals surface area (Å²) in [6.07, 6.45) is 7.61. The van der Waals surface area contributed by atoms with Crippen molar-refractivity contribution in [3.63, 3.8) is 0 Å². The second-order valence-corrected chi connectivity index (χ2v) is 3.05. The minimum atomic E-state index is -0.0453. The highest BCUT2D eigenvalue weighted by Gasteiger charge is 1.98. The molecule has 12 heavy (non-hydrogen) atoms. The molecule has 0 aliphatic carbocycles. The fraction of sp³-hybridized carbons (Fsp3) is 0.700. The summed E-state index contributed by atoms with van der Waals surface area (Å²) in [7, 11) is 0. The van der Waals surface area contributed by atoms with E-state index in [0.717, 1.165) is 44.7 Å². The Labute approximate surface area is 74.3 Å². The molecule has 0 aromatic carbocycles. The van der Waals surface area contributed by atoms with Gasteiger partial charge in [0, 0.05) is 12.3 Å². The first kappa shape index (κ1) is 11.3. The van der Waals surface area contributed by atoms with Crippen LogP contribution in [0.4, 0.5) is 0 Å². The van der Waals surface area contributed by atoms with Crippen molar-refractivity contribution in [3.8, 4) is 0 Å². The lowest BCUT2D eigenvalue weighted by molar-refractivity contribution is -0.110. The van der Waals surface area contributed by atoms with Gasteiger partial charge in [-0.05, 0) is 19.8 Å². The van der Waals surface area contributed by atoms with Crippen molar-refractivity contribution in [2.24, 2.45) is 5.92 Å². The molecule has 0 aliphatic rings. The van der Waals surface area contributed by atoms with Crippen LogP contribution in [0.25, 0.3) is 0 Å². The Balaban J connectivity index is 2.99. The molecule has 1 radical (unpaired) electrons. The van der Waals surface area contributed by atoms with Crippen LogP contribution in [-0.4, -0.2) is 12.6 Å². The lowest BCUT2D eigenvalue weighted by Crippen LogP contribution is -1.95. The van der Waals surface area contributed by atoms with Crippen molar-refractivity contribution in [2.75, 3.05) is 0 Å². The van der Waals surface area contributed by atoms with Crippen LogP contribution >= 0.6 is 0 Å². The number of carbonyl (C=O) groups is 2. The first-order chi connectivity index (χ1) is 5.81. The summed E-state index contributed by atoms with van der Waals surface area (Å²) in [6, 6.07) is 0. The summed E-state index contributed by atoms with van der Waals surface area (Å²) >= 11 is 0. The highest BCUT2D eigenvalue weighted by molar-refractivity contribution is 5.54. The molecular formula is C10H17O2. The zero-order chi connectivity index (χ0) is 9.23. The predicted molar refractivity (Wildman–Crippen MR) is 48.7 cm³/mol. The summed E-state index contributed by atoms with van der Waals surface area (Å²) in [5.41, 5.74) is 0. The van der Waals surface area contributed by atoms with E-state index in [1.807, 2.05) is 0 Å². The summed E-state index contributed by atoms with van der Waals surface area (Å²) < 4.78 is 0. The van der Waals surface area contributed by atoms with Gasteiger partial charge in [-0.25, -0.2) is 0 Å². The Morgan fingerprint density at radius 3 is 2.33 bits per heavy atom. The van der Waals surface area contributed by atoms with Crippen LogP contribution in [0.5, 0.6) is 0 Å². The zero-order valence-corrected chi connectivity index (χ0v) is 7.50. The molecular weight excluding hydrogens is 152 g/mol. The van der Waals surface area contributed by atoms with E-state index in [1.54, 1.807) is 0 Å². The van der Waals surface area contributed by atoms with E-state index in [0.29, 0.717) is 6.42 Å². The average Bonchev–Trinajstić information content (AvgIpc) is 2.10. The number of hydrogen-bond acceptors (Lipinski definition) is 2. The van der Waals surface area contributed by atoms with Gasteiger partial charge in [-0.2, -0.15) is 0 Å². The predicted octanol–water partition coefficient (Wildman–Crippen LogP) is 2.18. The highest BCUT2D eigenvalue weighted by atomic mass is 16.1. The van der Waals surface area contributed by atoms with Gasteiger partial charge in [-0.1, -0.05) is 19.3 Å². The average molecular weight is 169 g/mol. The third-order valence-electron chi connectivity index (χ3n) is 1.84. The number of rotatable bonds is 8. The SMILES string of the molecule is [CH2]C(C=O)CCCCCCC=O. The third-order valence-corrected chi connectivity index (χ3v) is 1.84. The smallest absolute Gasteiger partial charge is 0.123 e. The molecule has 0 fully saturated rings. The molecule has 1 atom stereocenters. The van der Waals surface area contributed by atoms with Crippen LogP contribution in [0.3, 0.4) is 0 Å². The Kier molecular flexibility index (Phi) is 7.97. The van der Waals surface area contributed by atoms with Gasteiger partial charge >= 0.3 is 0 Å². The van der Waals surface area contributed by atoms with Gasteiger partial charge in [0.1, 0.15) is 12.6 Å². The van der Waals surface area contributed by atoms with Gasteiger partial charge in [-0.3, -0.25) is 0 Å². The molecule has 0 bridgehead atoms. The fourth-order valence-electron chi connectivity index (χ4n) is 1.06. The van der Waals surface area contributed by atoms with Gasteiger partial charge in [0.15, 0.2) is 0 Å². The molecule has 0 aliphatic heterocycles. The minimum Gasteiger partial charge on any atom is -0.303 e. The molecule has 0 aromatic heterocycles. The molecule has 0 heterocycles. The van der Waals surface area contributed by atoms with Crippen molar-refractivity contribution in [2.45, 2.75) is 38.5 Å². The van der Waals surface area contributed by atoms with Crippen molar-refractivity contribution in [1.82, 2.24) is 0 Å². The molecule has 0 rings (SSSR count). The first-order valence-corrected chi connectivity index (χ1v) is 4.53. The van der Waals surface area contributed by atoms with Gasteiger partial charge in [0.2, 0.25) is 0 Å². The highest BCUT2D eigenvalue weighted by Crippen LogP contribution is 2.08. The molecule has 69 valence electrons. The molecule has 0 aromatic rings. The van der Waals surface area contributed by atoms with E-state index >= 15 is 0 Å². The van der Waals surface area contributed by atoms with E-state index < -0.39 is 0 Å². The molecule has 0 spiro atoms. The summed E-state index contributed by atoms with van der Waals surface area (Å²) in [4.78, 5) is 20.1. The Morgan fingerprint density at radius 2 is 1.75 bits per heavy atom. The van der Waals surface area contributed by atoms with Gasteiger partial charge in [0.05, 0.1) is 0 Å². The normalized spacial score (nSPS) is 12.4. The van der Waals surface area contributed by atoms with E-state index in [4.69, 9.17) is 0 Å². The van der Waals surface area contributed by atoms with Crippen molar-refractivity contribution < 1.29 is 9.59 Å². The first-order valence-electron chi connectivity index (χ1n) is 4.53.